The molecule has 0 fully saturated rings. The molecule has 15 heteroatoms. The minimum Gasteiger partial charge on any atom is -0.483 e. The summed E-state index contributed by atoms with van der Waals surface area (Å²) in [7, 11) is -7.96. The van der Waals surface area contributed by atoms with E-state index in [0.29, 0.717) is 12.1 Å². The Balaban J connectivity index is 2.71. The highest BCUT2D eigenvalue weighted by atomic mass is 32.2. The molecule has 0 radical (unpaired) electrons. The van der Waals surface area contributed by atoms with Crippen molar-refractivity contribution >= 4 is 25.5 Å². The highest BCUT2D eigenvalue weighted by Gasteiger charge is 2.32. The molecule has 0 atom stereocenters. The van der Waals surface area contributed by atoms with Crippen LogP contribution in [0.25, 0.3) is 0 Å². The number of hydrogen-bond acceptors (Lipinski definition) is 7. The number of rotatable bonds is 8. The van der Waals surface area contributed by atoms with E-state index in [2.05, 4.69) is 9.47 Å². The zero-order valence-electron chi connectivity index (χ0n) is 17.3. The van der Waals surface area contributed by atoms with E-state index in [-0.39, 0.29) is 0 Å². The lowest BCUT2D eigenvalue weighted by molar-refractivity contribution is -0.154. The monoisotopic (exact) mass is 534 g/mol. The van der Waals surface area contributed by atoms with Crippen LogP contribution in [0.15, 0.2) is 46.2 Å². The van der Waals surface area contributed by atoms with Gasteiger partial charge in [-0.05, 0) is 36.4 Å². The van der Waals surface area contributed by atoms with Gasteiger partial charge in [0.1, 0.15) is 11.5 Å². The number of carbonyl (C=O) groups excluding carboxylic acids is 1. The molecule has 0 spiro atoms. The molecule has 0 saturated carbocycles. The lowest BCUT2D eigenvalue weighted by Crippen LogP contribution is -2.21. The fourth-order valence-electron chi connectivity index (χ4n) is 2.55. The molecular weight excluding hydrogens is 518 g/mol. The summed E-state index contributed by atoms with van der Waals surface area (Å²) in [5, 5.41) is 0. The number of halogens is 6. The van der Waals surface area contributed by atoms with E-state index in [0.717, 1.165) is 36.8 Å². The van der Waals surface area contributed by atoms with Crippen LogP contribution in [0.3, 0.4) is 0 Å². The first-order chi connectivity index (χ1) is 15.3. The summed E-state index contributed by atoms with van der Waals surface area (Å²) in [6.45, 7) is -3.74. The van der Waals surface area contributed by atoms with E-state index < -0.39 is 83.4 Å². The van der Waals surface area contributed by atoms with Crippen LogP contribution in [0.1, 0.15) is 15.9 Å². The Morgan fingerprint density at radius 2 is 1.03 bits per heavy atom. The van der Waals surface area contributed by atoms with Gasteiger partial charge in [-0.2, -0.15) is 26.3 Å². The largest absolute Gasteiger partial charge is 0.483 e. The third kappa shape index (κ3) is 7.62. The summed E-state index contributed by atoms with van der Waals surface area (Å²) in [4.78, 5) is 12.2. The number of benzene rings is 2. The number of alkyl halides is 6. The van der Waals surface area contributed by atoms with Gasteiger partial charge in [0, 0.05) is 12.5 Å². The minimum absolute atomic E-state index is 0.507. The number of ether oxygens (including phenoxy) is 2. The molecule has 0 N–H and O–H groups in total. The average molecular weight is 534 g/mol. The molecule has 34 heavy (non-hydrogen) atoms. The summed E-state index contributed by atoms with van der Waals surface area (Å²) >= 11 is 0. The maximum absolute atomic E-state index is 13.2. The highest BCUT2D eigenvalue weighted by molar-refractivity contribution is 7.91. The first-order valence-electron chi connectivity index (χ1n) is 8.90. The van der Waals surface area contributed by atoms with Gasteiger partial charge in [-0.15, -0.1) is 0 Å². The van der Waals surface area contributed by atoms with Gasteiger partial charge in [-0.25, -0.2) is 16.8 Å². The third-order valence-electron chi connectivity index (χ3n) is 4.03. The van der Waals surface area contributed by atoms with Gasteiger partial charge in [-0.3, -0.25) is 4.79 Å². The van der Waals surface area contributed by atoms with E-state index >= 15 is 0 Å². The van der Waals surface area contributed by atoms with Gasteiger partial charge in [0.15, 0.2) is 32.9 Å². The van der Waals surface area contributed by atoms with Crippen molar-refractivity contribution in [2.45, 2.75) is 22.1 Å². The van der Waals surface area contributed by atoms with E-state index in [1.54, 1.807) is 0 Å². The molecule has 0 aromatic heterocycles. The number of sulfone groups is 2. The predicted molar refractivity (Wildman–Crippen MR) is 106 cm³/mol. The lowest BCUT2D eigenvalue weighted by Gasteiger charge is -2.16. The van der Waals surface area contributed by atoms with Crippen LogP contribution in [0.4, 0.5) is 26.3 Å². The maximum Gasteiger partial charge on any atom is 0.422 e. The second kappa shape index (κ2) is 9.44. The Morgan fingerprint density at radius 3 is 1.29 bits per heavy atom. The summed E-state index contributed by atoms with van der Waals surface area (Å²) in [5.41, 5.74) is -1.54. The highest BCUT2D eigenvalue weighted by Crippen LogP contribution is 2.32. The van der Waals surface area contributed by atoms with E-state index in [1.807, 2.05) is 0 Å². The van der Waals surface area contributed by atoms with Crippen LogP contribution in [-0.4, -0.2) is 60.7 Å². The quantitative estimate of drug-likeness (QED) is 0.377. The van der Waals surface area contributed by atoms with Gasteiger partial charge in [0.05, 0.1) is 20.9 Å². The molecule has 0 aliphatic rings. The standard InChI is InChI=1S/C19H16F6O7S2/c1-33(27,28)11-3-5-15(31-9-18(20,21)22)13(7-11)17(26)14-8-12(34(2,29)30)4-6-16(14)32-10-19(23,24)25/h3-8H,9-10H2,1-2H3. The van der Waals surface area contributed by atoms with E-state index in [4.69, 9.17) is 0 Å². The van der Waals surface area contributed by atoms with Crippen molar-refractivity contribution in [1.82, 2.24) is 0 Å². The normalized spacial score (nSPS) is 12.9. The fourth-order valence-corrected chi connectivity index (χ4v) is 3.84. The Labute approximate surface area is 190 Å². The molecule has 0 bridgehead atoms. The molecule has 2 aromatic rings. The second-order valence-electron chi connectivity index (χ2n) is 7.00. The lowest BCUT2D eigenvalue weighted by atomic mass is 10.0. The predicted octanol–water partition coefficient (Wildman–Crippen LogP) is 3.61. The van der Waals surface area contributed by atoms with Crippen LogP contribution < -0.4 is 9.47 Å². The fraction of sp³-hybridized carbons (Fsp3) is 0.316. The summed E-state index contributed by atoms with van der Waals surface area (Å²) in [6, 6.07) is 4.61. The molecule has 0 saturated heterocycles. The van der Waals surface area contributed by atoms with Gasteiger partial charge >= 0.3 is 12.4 Å². The second-order valence-corrected chi connectivity index (χ2v) is 11.0. The Morgan fingerprint density at radius 1 is 0.706 bits per heavy atom. The van der Waals surface area contributed by atoms with Crippen molar-refractivity contribution in [1.29, 1.82) is 0 Å². The molecule has 0 heterocycles. The van der Waals surface area contributed by atoms with Crippen molar-refractivity contribution in [2.75, 3.05) is 25.7 Å². The van der Waals surface area contributed by atoms with Gasteiger partial charge in [-0.1, -0.05) is 0 Å². The van der Waals surface area contributed by atoms with Crippen molar-refractivity contribution in [3.8, 4) is 11.5 Å². The zero-order valence-corrected chi connectivity index (χ0v) is 19.0. The van der Waals surface area contributed by atoms with Crippen molar-refractivity contribution in [3.63, 3.8) is 0 Å². The Hall–Kier alpha value is -2.81. The number of carbonyl (C=O) groups is 1. The summed E-state index contributed by atoms with van der Waals surface area (Å²) in [6.07, 6.45) is -8.19. The maximum atomic E-state index is 13.2. The van der Waals surface area contributed by atoms with Crippen molar-refractivity contribution in [2.24, 2.45) is 0 Å². The molecule has 0 aliphatic heterocycles. The van der Waals surface area contributed by atoms with Crippen LogP contribution >= 0.6 is 0 Å². The number of ketones is 1. The third-order valence-corrected chi connectivity index (χ3v) is 6.25. The van der Waals surface area contributed by atoms with E-state index in [9.17, 15) is 48.0 Å². The molecule has 2 rings (SSSR count). The minimum atomic E-state index is -4.84. The molecule has 0 aliphatic carbocycles. The summed E-state index contributed by atoms with van der Waals surface area (Å²) in [5.74, 6) is -2.80. The van der Waals surface area contributed by atoms with Crippen LogP contribution in [-0.2, 0) is 19.7 Å². The SMILES string of the molecule is CS(=O)(=O)c1ccc(OCC(F)(F)F)c(C(=O)c2cc(S(C)(=O)=O)ccc2OCC(F)(F)F)c1. The smallest absolute Gasteiger partial charge is 0.422 e. The average Bonchev–Trinajstić information content (AvgIpc) is 2.67. The zero-order chi connectivity index (χ0) is 26.1. The molecular formula is C19H16F6O7S2. The first-order valence-corrected chi connectivity index (χ1v) is 12.7. The molecule has 0 unspecified atom stereocenters. The number of hydrogen-bond donors (Lipinski definition) is 0. The summed E-state index contributed by atoms with van der Waals surface area (Å²) < 4.78 is 132. The van der Waals surface area contributed by atoms with Gasteiger partial charge in [0.2, 0.25) is 5.78 Å². The molecule has 2 aromatic carbocycles. The molecule has 188 valence electrons. The Kier molecular flexibility index (Phi) is 7.62. The molecule has 0 amide bonds. The topological polar surface area (TPSA) is 104 Å². The molecule has 7 nitrogen and oxygen atoms in total. The van der Waals surface area contributed by atoms with Crippen LogP contribution in [0.2, 0.25) is 0 Å². The Bertz CT molecular complexity index is 1200. The van der Waals surface area contributed by atoms with E-state index in [1.165, 1.54) is 0 Å². The van der Waals surface area contributed by atoms with Crippen molar-refractivity contribution in [3.05, 3.63) is 47.5 Å². The van der Waals surface area contributed by atoms with Gasteiger partial charge in [0.25, 0.3) is 0 Å². The van der Waals surface area contributed by atoms with Gasteiger partial charge < -0.3 is 9.47 Å². The first kappa shape index (κ1) is 27.4. The van der Waals surface area contributed by atoms with Crippen LogP contribution in [0, 0.1) is 0 Å². The van der Waals surface area contributed by atoms with Crippen molar-refractivity contribution < 1.29 is 57.4 Å². The van der Waals surface area contributed by atoms with Crippen LogP contribution in [0.5, 0.6) is 11.5 Å².